The van der Waals surface area contributed by atoms with Crippen molar-refractivity contribution in [1.29, 1.82) is 5.26 Å². The average molecular weight is 397 g/mol. The molecule has 27 heavy (non-hydrogen) atoms. The van der Waals surface area contributed by atoms with Gasteiger partial charge in [-0.15, -0.1) is 16.4 Å². The van der Waals surface area contributed by atoms with E-state index >= 15 is 0 Å². The number of nitrogens with one attached hydrogen (secondary N) is 2. The Morgan fingerprint density at radius 2 is 2.30 bits per heavy atom. The number of anilines is 1. The first-order valence-corrected chi connectivity index (χ1v) is 10.3. The van der Waals surface area contributed by atoms with Crippen LogP contribution in [0.1, 0.15) is 28.8 Å². The number of thiophene rings is 1. The van der Waals surface area contributed by atoms with Gasteiger partial charge in [-0.05, 0) is 43.4 Å². The van der Waals surface area contributed by atoms with E-state index in [1.54, 1.807) is 12.4 Å². The van der Waals surface area contributed by atoms with E-state index in [0.717, 1.165) is 36.8 Å². The molecule has 0 bridgehead atoms. The van der Waals surface area contributed by atoms with Crippen LogP contribution in [0.4, 0.5) is 5.00 Å². The van der Waals surface area contributed by atoms with Crippen LogP contribution in [0.25, 0.3) is 11.4 Å². The van der Waals surface area contributed by atoms with E-state index in [1.807, 2.05) is 12.1 Å². The summed E-state index contributed by atoms with van der Waals surface area (Å²) in [6.07, 6.45) is 7.56. The van der Waals surface area contributed by atoms with Crippen LogP contribution >= 0.6 is 23.1 Å². The number of rotatable bonds is 5. The Morgan fingerprint density at radius 1 is 1.41 bits per heavy atom. The molecule has 0 atom stereocenters. The predicted molar refractivity (Wildman–Crippen MR) is 105 cm³/mol. The molecule has 0 aliphatic heterocycles. The lowest BCUT2D eigenvalue weighted by Crippen LogP contribution is -2.14. The summed E-state index contributed by atoms with van der Waals surface area (Å²) in [6, 6.07) is 5.97. The van der Waals surface area contributed by atoms with E-state index in [-0.39, 0.29) is 11.7 Å². The summed E-state index contributed by atoms with van der Waals surface area (Å²) < 4.78 is 0. The smallest absolute Gasteiger partial charge is 0.235 e. The van der Waals surface area contributed by atoms with Crippen LogP contribution in [0, 0.1) is 11.3 Å². The standard InChI is InChI=1S/C18H16N6OS2/c19-8-13-12-5-1-2-6-14(12)27-17(13)21-15(25)10-26-18-22-16(23-24-18)11-4-3-7-20-9-11/h3-4,7,9H,1-2,5-6,10H2,(H,21,25)(H,22,23,24). The lowest BCUT2D eigenvalue weighted by atomic mass is 9.96. The summed E-state index contributed by atoms with van der Waals surface area (Å²) in [6.45, 7) is 0. The van der Waals surface area contributed by atoms with Crippen LogP contribution in [0.5, 0.6) is 0 Å². The van der Waals surface area contributed by atoms with E-state index in [2.05, 4.69) is 31.6 Å². The van der Waals surface area contributed by atoms with Gasteiger partial charge in [-0.25, -0.2) is 4.98 Å². The Kier molecular flexibility index (Phi) is 5.18. The third-order valence-corrected chi connectivity index (χ3v) is 6.32. The van der Waals surface area contributed by atoms with E-state index in [1.165, 1.54) is 28.0 Å². The zero-order chi connectivity index (χ0) is 18.6. The van der Waals surface area contributed by atoms with Crippen molar-refractivity contribution < 1.29 is 4.79 Å². The second kappa shape index (κ2) is 7.90. The highest BCUT2D eigenvalue weighted by Gasteiger charge is 2.22. The van der Waals surface area contributed by atoms with Crippen molar-refractivity contribution >= 4 is 34.0 Å². The van der Waals surface area contributed by atoms with Gasteiger partial charge in [0.1, 0.15) is 11.1 Å². The Bertz CT molecular complexity index is 1000. The van der Waals surface area contributed by atoms with Gasteiger partial charge >= 0.3 is 0 Å². The number of hydrogen-bond donors (Lipinski definition) is 2. The molecule has 0 fully saturated rings. The monoisotopic (exact) mass is 396 g/mol. The van der Waals surface area contributed by atoms with Crippen LogP contribution in [-0.4, -0.2) is 31.8 Å². The second-order valence-corrected chi connectivity index (χ2v) is 8.12. The lowest BCUT2D eigenvalue weighted by molar-refractivity contribution is -0.113. The van der Waals surface area contributed by atoms with Crippen molar-refractivity contribution in [2.45, 2.75) is 30.8 Å². The first kappa shape index (κ1) is 17.7. The molecule has 0 saturated carbocycles. The molecule has 0 aromatic carbocycles. The topological polar surface area (TPSA) is 107 Å². The quantitative estimate of drug-likeness (QED) is 0.640. The van der Waals surface area contributed by atoms with Gasteiger partial charge in [0.25, 0.3) is 0 Å². The van der Waals surface area contributed by atoms with Gasteiger partial charge in [0.2, 0.25) is 11.1 Å². The Hall–Kier alpha value is -2.70. The van der Waals surface area contributed by atoms with E-state index < -0.39 is 0 Å². The summed E-state index contributed by atoms with van der Waals surface area (Å²) in [5.41, 5.74) is 2.58. The molecule has 0 spiro atoms. The van der Waals surface area contributed by atoms with Crippen molar-refractivity contribution in [2.75, 3.05) is 11.1 Å². The minimum atomic E-state index is -0.164. The minimum absolute atomic E-state index is 0.164. The number of fused-ring (bicyclic) bond motifs is 1. The number of aryl methyl sites for hydroxylation is 1. The Morgan fingerprint density at radius 3 is 3.11 bits per heavy atom. The van der Waals surface area contributed by atoms with Gasteiger partial charge in [0, 0.05) is 22.8 Å². The maximum Gasteiger partial charge on any atom is 0.235 e. The number of carbonyl (C=O) groups is 1. The molecule has 2 N–H and O–H groups in total. The van der Waals surface area contributed by atoms with Gasteiger partial charge in [0.15, 0.2) is 5.82 Å². The van der Waals surface area contributed by atoms with Crippen LogP contribution in [0.15, 0.2) is 29.7 Å². The van der Waals surface area contributed by atoms with Crippen molar-refractivity contribution in [1.82, 2.24) is 20.2 Å². The van der Waals surface area contributed by atoms with Crippen molar-refractivity contribution in [3.63, 3.8) is 0 Å². The Balaban J connectivity index is 1.39. The molecule has 7 nitrogen and oxygen atoms in total. The summed E-state index contributed by atoms with van der Waals surface area (Å²) in [4.78, 5) is 22.0. The zero-order valence-corrected chi connectivity index (χ0v) is 16.0. The van der Waals surface area contributed by atoms with Gasteiger partial charge in [-0.3, -0.25) is 14.9 Å². The molecule has 1 aliphatic carbocycles. The SMILES string of the molecule is N#Cc1c(NC(=O)CSc2n[nH]c(-c3cccnc3)n2)sc2c1CCCC2. The van der Waals surface area contributed by atoms with Gasteiger partial charge in [0.05, 0.1) is 11.3 Å². The number of aromatic amines is 1. The molecule has 1 aliphatic rings. The van der Waals surface area contributed by atoms with E-state index in [4.69, 9.17) is 0 Å². The number of nitriles is 1. The summed E-state index contributed by atoms with van der Waals surface area (Å²) in [7, 11) is 0. The summed E-state index contributed by atoms with van der Waals surface area (Å²) in [5, 5.41) is 20.5. The fourth-order valence-electron chi connectivity index (χ4n) is 3.01. The molecule has 3 aromatic heterocycles. The van der Waals surface area contributed by atoms with Gasteiger partial charge in [-0.1, -0.05) is 11.8 Å². The molecule has 9 heteroatoms. The largest absolute Gasteiger partial charge is 0.316 e. The molecule has 0 unspecified atom stereocenters. The number of nitrogens with zero attached hydrogens (tertiary/aromatic N) is 4. The Labute approximate surface area is 164 Å². The van der Waals surface area contributed by atoms with Crippen LogP contribution in [-0.2, 0) is 17.6 Å². The van der Waals surface area contributed by atoms with Gasteiger partial charge < -0.3 is 5.32 Å². The number of H-pyrrole nitrogens is 1. The number of aromatic nitrogens is 4. The molecule has 1 amide bonds. The molecule has 136 valence electrons. The molecular formula is C18H16N6OS2. The minimum Gasteiger partial charge on any atom is -0.316 e. The van der Waals surface area contributed by atoms with Crippen LogP contribution in [0.2, 0.25) is 0 Å². The normalized spacial score (nSPS) is 13.0. The molecule has 3 aromatic rings. The molecule has 4 rings (SSSR count). The van der Waals surface area contributed by atoms with Gasteiger partial charge in [-0.2, -0.15) is 5.26 Å². The van der Waals surface area contributed by atoms with Crippen LogP contribution in [0.3, 0.4) is 0 Å². The number of hydrogen-bond acceptors (Lipinski definition) is 7. The maximum absolute atomic E-state index is 12.3. The van der Waals surface area contributed by atoms with E-state index in [0.29, 0.717) is 21.5 Å². The third-order valence-electron chi connectivity index (χ3n) is 4.27. The second-order valence-electron chi connectivity index (χ2n) is 6.07. The fourth-order valence-corrected chi connectivity index (χ4v) is 4.86. The highest BCUT2D eigenvalue weighted by atomic mass is 32.2. The highest BCUT2D eigenvalue weighted by Crippen LogP contribution is 2.37. The average Bonchev–Trinajstić information content (AvgIpc) is 3.31. The molecule has 3 heterocycles. The van der Waals surface area contributed by atoms with Crippen molar-refractivity contribution in [3.05, 3.63) is 40.5 Å². The van der Waals surface area contributed by atoms with Crippen molar-refractivity contribution in [2.24, 2.45) is 0 Å². The summed E-state index contributed by atoms with van der Waals surface area (Å²) >= 11 is 2.78. The third kappa shape index (κ3) is 3.86. The number of amides is 1. The van der Waals surface area contributed by atoms with Crippen LogP contribution < -0.4 is 5.32 Å². The maximum atomic E-state index is 12.3. The lowest BCUT2D eigenvalue weighted by Gasteiger charge is -2.09. The number of carbonyl (C=O) groups excluding carboxylic acids is 1. The number of thioether (sulfide) groups is 1. The number of pyridine rings is 1. The molecular weight excluding hydrogens is 380 g/mol. The summed E-state index contributed by atoms with van der Waals surface area (Å²) in [5.74, 6) is 0.629. The highest BCUT2D eigenvalue weighted by molar-refractivity contribution is 7.99. The first-order chi connectivity index (χ1) is 13.2. The fraction of sp³-hybridized carbons (Fsp3) is 0.278. The predicted octanol–water partition coefficient (Wildman–Crippen LogP) is 3.41. The zero-order valence-electron chi connectivity index (χ0n) is 14.4. The molecule has 0 saturated heterocycles. The van der Waals surface area contributed by atoms with E-state index in [9.17, 15) is 10.1 Å². The molecule has 0 radical (unpaired) electrons. The van der Waals surface area contributed by atoms with Crippen molar-refractivity contribution in [3.8, 4) is 17.5 Å². The first-order valence-electron chi connectivity index (χ1n) is 8.54.